The molecule has 1 aromatic rings. The molecule has 0 aliphatic carbocycles. The van der Waals surface area contributed by atoms with Crippen molar-refractivity contribution in [2.45, 2.75) is 45.1 Å². The monoisotopic (exact) mass is 337 g/mol. The van der Waals surface area contributed by atoms with E-state index in [1.54, 1.807) is 13.8 Å². The molecule has 0 radical (unpaired) electrons. The average molecular weight is 337 g/mol. The summed E-state index contributed by atoms with van der Waals surface area (Å²) in [6, 6.07) is 9.04. The van der Waals surface area contributed by atoms with Crippen LogP contribution in [-0.2, 0) is 9.53 Å². The maximum absolute atomic E-state index is 11.9. The molecule has 1 rings (SSSR count). The molecule has 0 aliphatic rings. The minimum atomic E-state index is -1.60. The number of ether oxygens (including phenoxy) is 1. The third-order valence-corrected chi connectivity index (χ3v) is 6.43. The summed E-state index contributed by atoms with van der Waals surface area (Å²) in [5, 5.41) is 11.5. The van der Waals surface area contributed by atoms with Crippen molar-refractivity contribution in [3.63, 3.8) is 0 Å². The minimum absolute atomic E-state index is 0.164. The van der Waals surface area contributed by atoms with Gasteiger partial charge < -0.3 is 15.2 Å². The van der Waals surface area contributed by atoms with Crippen molar-refractivity contribution in [1.82, 2.24) is 5.32 Å². The Kier molecular flexibility index (Phi) is 6.81. The molecule has 23 heavy (non-hydrogen) atoms. The fourth-order valence-corrected chi connectivity index (χ4v) is 4.15. The summed E-state index contributed by atoms with van der Waals surface area (Å²) in [5.74, 6) is -1.26. The molecule has 0 heterocycles. The van der Waals surface area contributed by atoms with Gasteiger partial charge in [0.25, 0.3) is 0 Å². The summed E-state index contributed by atoms with van der Waals surface area (Å²) in [6.45, 7) is 10.4. The van der Waals surface area contributed by atoms with Crippen LogP contribution in [0.25, 0.3) is 0 Å². The van der Waals surface area contributed by atoms with Gasteiger partial charge in [-0.1, -0.05) is 63.8 Å². The topological polar surface area (TPSA) is 75.6 Å². The molecular formula is C17H27NO4Si. The van der Waals surface area contributed by atoms with E-state index >= 15 is 0 Å². The van der Waals surface area contributed by atoms with Crippen LogP contribution in [0.3, 0.4) is 0 Å². The average Bonchev–Trinajstić information content (AvgIpc) is 2.44. The lowest BCUT2D eigenvalue weighted by atomic mass is 10.1. The van der Waals surface area contributed by atoms with Gasteiger partial charge >= 0.3 is 12.1 Å². The number of carbonyl (C=O) groups excluding carboxylic acids is 1. The van der Waals surface area contributed by atoms with Gasteiger partial charge in [0, 0.05) is 5.54 Å². The lowest BCUT2D eigenvalue weighted by molar-refractivity contribution is -0.140. The Labute approximate surface area is 139 Å². The van der Waals surface area contributed by atoms with Gasteiger partial charge in [-0.15, -0.1) is 0 Å². The van der Waals surface area contributed by atoms with Crippen molar-refractivity contribution in [2.75, 3.05) is 6.61 Å². The fraction of sp³-hybridized carbons (Fsp3) is 0.529. The Morgan fingerprint density at radius 2 is 1.74 bits per heavy atom. The second kappa shape index (κ2) is 8.15. The van der Waals surface area contributed by atoms with Gasteiger partial charge in [-0.05, 0) is 11.5 Å². The highest BCUT2D eigenvalue weighted by Crippen LogP contribution is 2.27. The van der Waals surface area contributed by atoms with E-state index in [0.29, 0.717) is 0 Å². The Morgan fingerprint density at radius 3 is 2.17 bits per heavy atom. The highest BCUT2D eigenvalue weighted by atomic mass is 28.3. The molecule has 2 atom stereocenters. The molecule has 0 fully saturated rings. The van der Waals surface area contributed by atoms with Crippen LogP contribution in [0.2, 0.25) is 19.6 Å². The first-order chi connectivity index (χ1) is 10.6. The number of hydrogen-bond acceptors (Lipinski definition) is 3. The number of nitrogens with one attached hydrogen (secondary N) is 1. The predicted octanol–water partition coefficient (Wildman–Crippen LogP) is 3.48. The second-order valence-electron chi connectivity index (χ2n) is 7.13. The molecule has 0 aliphatic heterocycles. The molecular weight excluding hydrogens is 310 g/mol. The van der Waals surface area contributed by atoms with Gasteiger partial charge in [0.2, 0.25) is 0 Å². The number of benzene rings is 1. The largest absolute Gasteiger partial charge is 0.480 e. The zero-order valence-electron chi connectivity index (χ0n) is 14.5. The summed E-state index contributed by atoms with van der Waals surface area (Å²) >= 11 is 0. The number of rotatable bonds is 7. The van der Waals surface area contributed by atoms with E-state index < -0.39 is 26.2 Å². The Morgan fingerprint density at radius 1 is 1.17 bits per heavy atom. The third kappa shape index (κ3) is 6.06. The Bertz CT molecular complexity index is 525. The quantitative estimate of drug-likeness (QED) is 0.747. The number of amides is 1. The van der Waals surface area contributed by atoms with E-state index in [2.05, 4.69) is 25.0 Å². The Balaban J connectivity index is 2.72. The number of carboxylic acid groups (broad SMARTS) is 1. The van der Waals surface area contributed by atoms with Gasteiger partial charge in [-0.2, -0.15) is 0 Å². The molecule has 0 saturated heterocycles. The molecule has 0 spiro atoms. The highest BCUT2D eigenvalue weighted by molar-refractivity contribution is 6.77. The van der Waals surface area contributed by atoms with Crippen LogP contribution in [0, 0.1) is 5.92 Å². The minimum Gasteiger partial charge on any atom is -0.480 e. The number of carbonyl (C=O) groups is 2. The van der Waals surface area contributed by atoms with Gasteiger partial charge in [0.05, 0.1) is 14.7 Å². The Hall–Kier alpha value is -1.82. The summed E-state index contributed by atoms with van der Waals surface area (Å²) in [4.78, 5) is 23.1. The number of aliphatic carboxylic acids is 1. The van der Waals surface area contributed by atoms with E-state index in [1.807, 2.05) is 30.3 Å². The predicted molar refractivity (Wildman–Crippen MR) is 93.3 cm³/mol. The lowest BCUT2D eigenvalue weighted by Gasteiger charge is -2.29. The van der Waals surface area contributed by atoms with E-state index in [0.717, 1.165) is 5.56 Å². The number of hydrogen-bond donors (Lipinski definition) is 2. The molecule has 0 bridgehead atoms. The molecule has 1 aromatic carbocycles. The molecule has 1 amide bonds. The van der Waals surface area contributed by atoms with Crippen LogP contribution in [0.5, 0.6) is 0 Å². The van der Waals surface area contributed by atoms with Crippen molar-refractivity contribution < 1.29 is 19.4 Å². The zero-order chi connectivity index (χ0) is 17.6. The van der Waals surface area contributed by atoms with Crippen LogP contribution in [-0.4, -0.2) is 37.9 Å². The van der Waals surface area contributed by atoms with Crippen molar-refractivity contribution >= 4 is 20.1 Å². The van der Waals surface area contributed by atoms with Crippen molar-refractivity contribution in [1.29, 1.82) is 0 Å². The third-order valence-electron chi connectivity index (χ3n) is 3.83. The van der Waals surface area contributed by atoms with Gasteiger partial charge in [0.15, 0.2) is 0 Å². The first kappa shape index (κ1) is 19.2. The molecule has 0 aromatic heterocycles. The molecule has 2 N–H and O–H groups in total. The van der Waals surface area contributed by atoms with Crippen molar-refractivity contribution in [3.8, 4) is 0 Å². The first-order valence-electron chi connectivity index (χ1n) is 7.84. The van der Waals surface area contributed by atoms with Gasteiger partial charge in [-0.25, -0.2) is 9.59 Å². The second-order valence-corrected chi connectivity index (χ2v) is 12.6. The maximum atomic E-state index is 11.9. The molecule has 1 unspecified atom stereocenters. The number of alkyl carbamates (subject to hydrolysis) is 1. The van der Waals surface area contributed by atoms with Crippen LogP contribution < -0.4 is 5.32 Å². The smallest absolute Gasteiger partial charge is 0.407 e. The van der Waals surface area contributed by atoms with Crippen LogP contribution in [0.15, 0.2) is 30.3 Å². The molecule has 5 nitrogen and oxygen atoms in total. The summed E-state index contributed by atoms with van der Waals surface area (Å²) in [5.41, 5.74) is 1.31. The first-order valence-corrected chi connectivity index (χ1v) is 11.4. The van der Waals surface area contributed by atoms with Crippen molar-refractivity contribution in [3.05, 3.63) is 35.9 Å². The van der Waals surface area contributed by atoms with Crippen molar-refractivity contribution in [2.24, 2.45) is 5.92 Å². The highest BCUT2D eigenvalue weighted by Gasteiger charge is 2.30. The SMILES string of the molecule is CC(C)[C@H](NC(=O)OCC(c1ccccc1)[Si](C)(C)C)C(=O)O. The molecule has 128 valence electrons. The van der Waals surface area contributed by atoms with Crippen LogP contribution in [0.4, 0.5) is 4.79 Å². The van der Waals surface area contributed by atoms with E-state index in [-0.39, 0.29) is 18.1 Å². The normalized spacial score (nSPS) is 14.2. The van der Waals surface area contributed by atoms with E-state index in [1.165, 1.54) is 0 Å². The fourth-order valence-electron chi connectivity index (χ4n) is 2.37. The maximum Gasteiger partial charge on any atom is 0.407 e. The van der Waals surface area contributed by atoms with E-state index in [9.17, 15) is 9.59 Å². The summed E-state index contributed by atoms with van der Waals surface area (Å²) < 4.78 is 5.34. The summed E-state index contributed by atoms with van der Waals surface area (Å²) in [7, 11) is -1.60. The standard InChI is InChI=1S/C17H27NO4Si/c1-12(2)15(16(19)20)18-17(21)22-11-14(23(3,4)5)13-9-7-6-8-10-13/h6-10,12,14-15H,11H2,1-5H3,(H,18,21)(H,19,20)/t14?,15-/m0/s1. The summed E-state index contributed by atoms with van der Waals surface area (Å²) in [6.07, 6.45) is -0.676. The van der Waals surface area contributed by atoms with E-state index in [4.69, 9.17) is 9.84 Å². The van der Waals surface area contributed by atoms with Gasteiger partial charge in [-0.3, -0.25) is 0 Å². The zero-order valence-corrected chi connectivity index (χ0v) is 15.5. The van der Waals surface area contributed by atoms with Crippen LogP contribution in [0.1, 0.15) is 25.0 Å². The number of carboxylic acids is 1. The molecule has 6 heteroatoms. The molecule has 0 saturated carbocycles. The van der Waals surface area contributed by atoms with Gasteiger partial charge in [0.1, 0.15) is 6.04 Å². The lowest BCUT2D eigenvalue weighted by Crippen LogP contribution is -2.45. The van der Waals surface area contributed by atoms with Crippen LogP contribution >= 0.6 is 0 Å².